The number of carboxylic acids is 2. The van der Waals surface area contributed by atoms with Gasteiger partial charge in [0, 0.05) is 38.1 Å². The lowest BCUT2D eigenvalue weighted by molar-refractivity contribution is -0.193. The summed E-state index contributed by atoms with van der Waals surface area (Å²) in [6, 6.07) is 5.71. The summed E-state index contributed by atoms with van der Waals surface area (Å²) < 4.78 is 69.3. The number of carbonyl (C=O) groups is 2. The average Bonchev–Trinajstić information content (AvgIpc) is 3.40. The quantitative estimate of drug-likeness (QED) is 0.479. The standard InChI is InChI=1S/C16H24N2O.2C2HF3O2/c1-3-9-17-10-7-16-15(17)8-11-18(16)12-14-6-5-13(4-2)19-14;2*3-2(4,5)1(6)7/h3,5-6,15-16H,1,4,7-12H2,2H3;2*(H,6,7)/t15-,16+;;/m0../s1. The van der Waals surface area contributed by atoms with Crippen LogP contribution in [0.2, 0.25) is 0 Å². The number of nitrogens with zero attached hydrogens (tertiary/aromatic N) is 2. The van der Waals surface area contributed by atoms with Crippen molar-refractivity contribution >= 4 is 11.9 Å². The lowest BCUT2D eigenvalue weighted by Gasteiger charge is -2.24. The first-order valence-electron chi connectivity index (χ1n) is 9.97. The van der Waals surface area contributed by atoms with Crippen molar-refractivity contribution in [2.75, 3.05) is 19.6 Å². The molecule has 0 amide bonds. The molecule has 33 heavy (non-hydrogen) atoms. The summed E-state index contributed by atoms with van der Waals surface area (Å²) in [6.07, 6.45) is -4.57. The Labute approximate surface area is 186 Å². The van der Waals surface area contributed by atoms with E-state index in [2.05, 4.69) is 35.4 Å². The van der Waals surface area contributed by atoms with Crippen molar-refractivity contribution in [1.29, 1.82) is 0 Å². The van der Waals surface area contributed by atoms with Gasteiger partial charge >= 0.3 is 24.3 Å². The molecule has 2 atom stereocenters. The van der Waals surface area contributed by atoms with Gasteiger partial charge in [-0.3, -0.25) is 9.80 Å². The van der Waals surface area contributed by atoms with Gasteiger partial charge < -0.3 is 14.6 Å². The van der Waals surface area contributed by atoms with Crippen molar-refractivity contribution in [1.82, 2.24) is 9.80 Å². The second-order valence-corrected chi connectivity index (χ2v) is 7.29. The molecule has 3 heterocycles. The van der Waals surface area contributed by atoms with Gasteiger partial charge in [-0.25, -0.2) is 9.59 Å². The van der Waals surface area contributed by atoms with Crippen LogP contribution in [0.3, 0.4) is 0 Å². The summed E-state index contributed by atoms with van der Waals surface area (Å²) in [5, 5.41) is 14.2. The molecule has 0 aliphatic carbocycles. The zero-order chi connectivity index (χ0) is 25.4. The number of aliphatic carboxylic acids is 2. The molecular weight excluding hydrogens is 462 g/mol. The Balaban J connectivity index is 0.000000324. The summed E-state index contributed by atoms with van der Waals surface area (Å²) >= 11 is 0. The highest BCUT2D eigenvalue weighted by Gasteiger charge is 2.42. The Bertz CT molecular complexity index is 769. The zero-order valence-electron chi connectivity index (χ0n) is 17.8. The van der Waals surface area contributed by atoms with Crippen LogP contribution in [0, 0.1) is 0 Å². The second kappa shape index (κ2) is 12.1. The third-order valence-corrected chi connectivity index (χ3v) is 5.08. The minimum Gasteiger partial charge on any atom is -0.475 e. The first-order valence-corrected chi connectivity index (χ1v) is 9.97. The van der Waals surface area contributed by atoms with Gasteiger partial charge in [0.25, 0.3) is 0 Å². The van der Waals surface area contributed by atoms with Gasteiger partial charge in [-0.2, -0.15) is 26.3 Å². The number of hydrogen-bond acceptors (Lipinski definition) is 5. The van der Waals surface area contributed by atoms with E-state index in [9.17, 15) is 26.3 Å². The van der Waals surface area contributed by atoms with Crippen LogP contribution in [0.25, 0.3) is 0 Å². The average molecular weight is 488 g/mol. The number of rotatable bonds is 5. The van der Waals surface area contributed by atoms with E-state index in [1.165, 1.54) is 25.9 Å². The molecule has 0 unspecified atom stereocenters. The molecule has 0 saturated carbocycles. The van der Waals surface area contributed by atoms with E-state index < -0.39 is 24.3 Å². The van der Waals surface area contributed by atoms with Crippen molar-refractivity contribution < 1.29 is 50.6 Å². The van der Waals surface area contributed by atoms with Crippen LogP contribution in [-0.4, -0.2) is 76.0 Å². The predicted octanol–water partition coefficient (Wildman–Crippen LogP) is 3.94. The molecule has 2 aliphatic heterocycles. The van der Waals surface area contributed by atoms with Gasteiger partial charge in [-0.15, -0.1) is 6.58 Å². The summed E-state index contributed by atoms with van der Waals surface area (Å²) in [6.45, 7) is 10.4. The van der Waals surface area contributed by atoms with Crippen molar-refractivity contribution in [3.05, 3.63) is 36.3 Å². The first kappa shape index (κ1) is 28.5. The van der Waals surface area contributed by atoms with Crippen LogP contribution in [0.1, 0.15) is 31.3 Å². The Hall–Kier alpha value is -2.54. The number of alkyl halides is 6. The Morgan fingerprint density at radius 2 is 1.42 bits per heavy atom. The maximum atomic E-state index is 10.6. The number of hydrogen-bond donors (Lipinski definition) is 2. The van der Waals surface area contributed by atoms with Gasteiger partial charge in [0.05, 0.1) is 6.54 Å². The van der Waals surface area contributed by atoms with Gasteiger partial charge in [0.1, 0.15) is 11.5 Å². The van der Waals surface area contributed by atoms with E-state index in [1.807, 2.05) is 6.08 Å². The summed E-state index contributed by atoms with van der Waals surface area (Å²) in [5.74, 6) is -3.29. The number of likely N-dealkylation sites (tertiary alicyclic amines) is 2. The van der Waals surface area contributed by atoms with E-state index in [4.69, 9.17) is 24.2 Å². The number of aryl methyl sites for hydroxylation is 1. The molecule has 2 fully saturated rings. The molecule has 7 nitrogen and oxygen atoms in total. The lowest BCUT2D eigenvalue weighted by atomic mass is 10.1. The second-order valence-electron chi connectivity index (χ2n) is 7.29. The van der Waals surface area contributed by atoms with Crippen molar-refractivity contribution in [3.8, 4) is 0 Å². The van der Waals surface area contributed by atoms with E-state index in [0.29, 0.717) is 0 Å². The summed E-state index contributed by atoms with van der Waals surface area (Å²) in [4.78, 5) is 23.0. The van der Waals surface area contributed by atoms with E-state index in [0.717, 1.165) is 43.1 Å². The van der Waals surface area contributed by atoms with Crippen LogP contribution < -0.4 is 0 Å². The maximum absolute atomic E-state index is 10.6. The summed E-state index contributed by atoms with van der Waals surface area (Å²) in [5.41, 5.74) is 0. The molecule has 0 aromatic carbocycles. The molecule has 13 heteroatoms. The minimum absolute atomic E-state index is 0.718. The largest absolute Gasteiger partial charge is 0.490 e. The molecule has 0 bridgehead atoms. The molecule has 1 aromatic heterocycles. The molecule has 2 aliphatic rings. The van der Waals surface area contributed by atoms with Crippen LogP contribution >= 0.6 is 0 Å². The molecule has 0 spiro atoms. The predicted molar refractivity (Wildman–Crippen MR) is 104 cm³/mol. The SMILES string of the molecule is C=CCN1CC[C@@H]2[C@@H]1CCN2Cc1ccc(CC)o1.O=C(O)C(F)(F)F.O=C(O)C(F)(F)F. The zero-order valence-corrected chi connectivity index (χ0v) is 17.8. The van der Waals surface area contributed by atoms with Crippen molar-refractivity contribution in [2.45, 2.75) is 57.2 Å². The highest BCUT2D eigenvalue weighted by atomic mass is 19.4. The Morgan fingerprint density at radius 1 is 1.00 bits per heavy atom. The smallest absolute Gasteiger partial charge is 0.475 e. The molecule has 2 saturated heterocycles. The number of fused-ring (bicyclic) bond motifs is 1. The number of furan rings is 1. The molecular formula is C20H26F6N2O5. The lowest BCUT2D eigenvalue weighted by Crippen LogP contribution is -2.36. The fourth-order valence-corrected chi connectivity index (χ4v) is 3.65. The Kier molecular flexibility index (Phi) is 10.4. The molecule has 188 valence electrons. The van der Waals surface area contributed by atoms with Crippen LogP contribution in [0.5, 0.6) is 0 Å². The molecule has 1 aromatic rings. The monoisotopic (exact) mass is 488 g/mol. The van der Waals surface area contributed by atoms with E-state index >= 15 is 0 Å². The third kappa shape index (κ3) is 9.08. The highest BCUT2D eigenvalue weighted by Crippen LogP contribution is 2.32. The minimum atomic E-state index is -5.08. The third-order valence-electron chi connectivity index (χ3n) is 5.08. The highest BCUT2D eigenvalue weighted by molar-refractivity contribution is 5.73. The summed E-state index contributed by atoms with van der Waals surface area (Å²) in [7, 11) is 0. The van der Waals surface area contributed by atoms with Gasteiger partial charge in [0.2, 0.25) is 0 Å². The topological polar surface area (TPSA) is 94.2 Å². The maximum Gasteiger partial charge on any atom is 0.490 e. The Morgan fingerprint density at radius 3 is 1.82 bits per heavy atom. The molecule has 0 radical (unpaired) electrons. The first-order chi connectivity index (χ1) is 15.2. The van der Waals surface area contributed by atoms with Crippen LogP contribution in [0.4, 0.5) is 26.3 Å². The van der Waals surface area contributed by atoms with E-state index in [1.54, 1.807) is 0 Å². The molecule has 2 N–H and O–H groups in total. The fraction of sp³-hybridized carbons (Fsp3) is 0.600. The van der Waals surface area contributed by atoms with E-state index in [-0.39, 0.29) is 0 Å². The van der Waals surface area contributed by atoms with Crippen LogP contribution in [0.15, 0.2) is 29.2 Å². The number of halogens is 6. The molecule has 3 rings (SSSR count). The fourth-order valence-electron chi connectivity index (χ4n) is 3.65. The van der Waals surface area contributed by atoms with Gasteiger partial charge in [0.15, 0.2) is 0 Å². The number of carboxylic acid groups (broad SMARTS) is 2. The van der Waals surface area contributed by atoms with Gasteiger partial charge in [-0.1, -0.05) is 13.0 Å². The van der Waals surface area contributed by atoms with Crippen LogP contribution in [-0.2, 0) is 22.6 Å². The van der Waals surface area contributed by atoms with Gasteiger partial charge in [-0.05, 0) is 25.0 Å². The normalized spacial score (nSPS) is 20.8. The van der Waals surface area contributed by atoms with Crippen molar-refractivity contribution in [3.63, 3.8) is 0 Å². The van der Waals surface area contributed by atoms with Crippen molar-refractivity contribution in [2.24, 2.45) is 0 Å².